The van der Waals surface area contributed by atoms with Gasteiger partial charge in [-0.15, -0.1) is 0 Å². The second kappa shape index (κ2) is 3.66. The molecule has 7 heteroatoms. The highest BCUT2D eigenvalue weighted by Crippen LogP contribution is 2.23. The van der Waals surface area contributed by atoms with E-state index in [0.717, 1.165) is 24.4 Å². The molecular weight excluding hydrogens is 260 g/mol. The standard InChI is InChI=1S/C10H10N2O3S2/c13-10-8-5-7(3-4-9(8)11-16-10)17(14,15)12-6-1-2-6/h3-6,11-12H,1-2H2. The van der Waals surface area contributed by atoms with Crippen LogP contribution in [0.15, 0.2) is 27.9 Å². The third kappa shape index (κ3) is 2.01. The van der Waals surface area contributed by atoms with E-state index in [9.17, 15) is 13.2 Å². The summed E-state index contributed by atoms with van der Waals surface area (Å²) in [6.07, 6.45) is 1.78. The molecule has 5 nitrogen and oxygen atoms in total. The summed E-state index contributed by atoms with van der Waals surface area (Å²) in [6.45, 7) is 0. The molecule has 17 heavy (non-hydrogen) atoms. The summed E-state index contributed by atoms with van der Waals surface area (Å²) in [5, 5.41) is 0.425. The monoisotopic (exact) mass is 270 g/mol. The largest absolute Gasteiger partial charge is 0.307 e. The van der Waals surface area contributed by atoms with Gasteiger partial charge in [-0.2, -0.15) is 0 Å². The quantitative estimate of drug-likeness (QED) is 0.874. The van der Waals surface area contributed by atoms with Crippen LogP contribution in [0, 0.1) is 0 Å². The first-order valence-corrected chi connectivity index (χ1v) is 7.50. The second-order valence-corrected chi connectivity index (χ2v) is 6.59. The van der Waals surface area contributed by atoms with E-state index in [2.05, 4.69) is 9.10 Å². The third-order valence-electron chi connectivity index (χ3n) is 2.67. The molecule has 1 heterocycles. The number of hydrogen-bond acceptors (Lipinski definition) is 4. The molecule has 0 amide bonds. The summed E-state index contributed by atoms with van der Waals surface area (Å²) in [5.41, 5.74) is 0.672. The molecule has 2 aromatic rings. The van der Waals surface area contributed by atoms with Crippen LogP contribution in [0.1, 0.15) is 12.8 Å². The molecule has 1 saturated carbocycles. The van der Waals surface area contributed by atoms with Gasteiger partial charge in [-0.25, -0.2) is 13.1 Å². The van der Waals surface area contributed by atoms with Gasteiger partial charge in [0.15, 0.2) is 0 Å². The molecule has 1 aromatic carbocycles. The fourth-order valence-corrected chi connectivity index (χ4v) is 3.58. The first-order chi connectivity index (χ1) is 8.06. The molecule has 90 valence electrons. The highest BCUT2D eigenvalue weighted by atomic mass is 32.2. The van der Waals surface area contributed by atoms with Crippen molar-refractivity contribution in [1.82, 2.24) is 9.10 Å². The Kier molecular flexibility index (Phi) is 2.35. The molecule has 1 fully saturated rings. The predicted molar refractivity (Wildman–Crippen MR) is 65.8 cm³/mol. The van der Waals surface area contributed by atoms with Crippen LogP contribution in [-0.4, -0.2) is 18.8 Å². The first-order valence-electron chi connectivity index (χ1n) is 5.20. The van der Waals surface area contributed by atoms with Gasteiger partial charge in [-0.05, 0) is 42.6 Å². The van der Waals surface area contributed by atoms with Gasteiger partial charge < -0.3 is 4.37 Å². The number of benzene rings is 1. The van der Waals surface area contributed by atoms with Crippen LogP contribution < -0.4 is 9.46 Å². The zero-order valence-corrected chi connectivity index (χ0v) is 10.4. The summed E-state index contributed by atoms with van der Waals surface area (Å²) in [4.78, 5) is 11.6. The third-order valence-corrected chi connectivity index (χ3v) is 4.92. The summed E-state index contributed by atoms with van der Waals surface area (Å²) >= 11 is 0.967. The van der Waals surface area contributed by atoms with Crippen molar-refractivity contribution in [2.24, 2.45) is 0 Å². The number of H-pyrrole nitrogens is 1. The average Bonchev–Trinajstić information content (AvgIpc) is 3.01. The number of rotatable bonds is 3. The van der Waals surface area contributed by atoms with Crippen LogP contribution in [0.4, 0.5) is 0 Å². The Bertz CT molecular complexity index is 725. The summed E-state index contributed by atoms with van der Waals surface area (Å²) in [5.74, 6) is 0. The van der Waals surface area contributed by atoms with Gasteiger partial charge in [0.25, 0.3) is 4.74 Å². The molecule has 0 aliphatic heterocycles. The maximum absolute atomic E-state index is 11.9. The molecule has 0 radical (unpaired) electrons. The molecule has 1 aliphatic carbocycles. The van der Waals surface area contributed by atoms with E-state index in [-0.39, 0.29) is 15.7 Å². The predicted octanol–water partition coefficient (Wildman–Crippen LogP) is 1.03. The zero-order chi connectivity index (χ0) is 12.0. The van der Waals surface area contributed by atoms with Crippen LogP contribution in [-0.2, 0) is 10.0 Å². The normalized spacial score (nSPS) is 16.5. The van der Waals surface area contributed by atoms with Crippen molar-refractivity contribution < 1.29 is 8.42 Å². The van der Waals surface area contributed by atoms with Crippen molar-refractivity contribution in [1.29, 1.82) is 0 Å². The zero-order valence-electron chi connectivity index (χ0n) is 8.76. The first kappa shape index (κ1) is 10.9. The fourth-order valence-electron chi connectivity index (χ4n) is 1.59. The molecule has 3 rings (SSSR count). The summed E-state index contributed by atoms with van der Waals surface area (Å²) in [6, 6.07) is 4.62. The second-order valence-electron chi connectivity index (χ2n) is 4.09. The Morgan fingerprint density at radius 3 is 2.82 bits per heavy atom. The van der Waals surface area contributed by atoms with E-state index in [1.54, 1.807) is 6.07 Å². The van der Waals surface area contributed by atoms with E-state index in [4.69, 9.17) is 0 Å². The van der Waals surface area contributed by atoms with Gasteiger partial charge in [0.05, 0.1) is 15.8 Å². The molecule has 1 aliphatic rings. The maximum atomic E-state index is 11.9. The van der Waals surface area contributed by atoms with E-state index in [0.29, 0.717) is 10.9 Å². The fraction of sp³-hybridized carbons (Fsp3) is 0.300. The molecule has 2 N–H and O–H groups in total. The van der Waals surface area contributed by atoms with Crippen molar-refractivity contribution in [3.05, 3.63) is 27.7 Å². The molecule has 0 bridgehead atoms. The topological polar surface area (TPSA) is 79.0 Å². The minimum atomic E-state index is -3.48. The number of nitrogens with one attached hydrogen (secondary N) is 2. The number of fused-ring (bicyclic) bond motifs is 1. The van der Waals surface area contributed by atoms with Gasteiger partial charge in [0, 0.05) is 6.04 Å². The molecule has 1 aromatic heterocycles. The summed E-state index contributed by atoms with van der Waals surface area (Å²) < 4.78 is 29.1. The van der Waals surface area contributed by atoms with Gasteiger partial charge in [0.1, 0.15) is 0 Å². The lowest BCUT2D eigenvalue weighted by molar-refractivity contribution is 0.581. The van der Waals surface area contributed by atoms with Crippen LogP contribution in [0.3, 0.4) is 0 Å². The molecule has 0 saturated heterocycles. The average molecular weight is 270 g/mol. The Balaban J connectivity index is 2.10. The van der Waals surface area contributed by atoms with Gasteiger partial charge in [-0.3, -0.25) is 4.79 Å². The van der Waals surface area contributed by atoms with Crippen LogP contribution >= 0.6 is 11.5 Å². The van der Waals surface area contributed by atoms with Crippen molar-refractivity contribution >= 4 is 32.5 Å². The lowest BCUT2D eigenvalue weighted by Gasteiger charge is -2.04. The van der Waals surface area contributed by atoms with Gasteiger partial charge >= 0.3 is 0 Å². The number of sulfonamides is 1. The van der Waals surface area contributed by atoms with Crippen LogP contribution in [0.5, 0.6) is 0 Å². The van der Waals surface area contributed by atoms with Crippen LogP contribution in [0.25, 0.3) is 10.9 Å². The minimum Gasteiger partial charge on any atom is -0.307 e. The molecule has 0 atom stereocenters. The number of aromatic amines is 1. The molecule has 0 spiro atoms. The highest BCUT2D eigenvalue weighted by molar-refractivity contribution is 7.89. The van der Waals surface area contributed by atoms with Gasteiger partial charge in [-0.1, -0.05) is 0 Å². The Labute approximate surface area is 102 Å². The number of aromatic nitrogens is 1. The lowest BCUT2D eigenvalue weighted by Crippen LogP contribution is -2.25. The summed E-state index contributed by atoms with van der Waals surface area (Å²) in [7, 11) is -3.48. The maximum Gasteiger partial charge on any atom is 0.257 e. The van der Waals surface area contributed by atoms with E-state index < -0.39 is 10.0 Å². The van der Waals surface area contributed by atoms with Crippen molar-refractivity contribution in [2.75, 3.05) is 0 Å². The van der Waals surface area contributed by atoms with E-state index in [1.165, 1.54) is 12.1 Å². The van der Waals surface area contributed by atoms with Gasteiger partial charge in [0.2, 0.25) is 10.0 Å². The molecular formula is C10H10N2O3S2. The smallest absolute Gasteiger partial charge is 0.257 e. The van der Waals surface area contributed by atoms with E-state index >= 15 is 0 Å². The number of hydrogen-bond donors (Lipinski definition) is 2. The minimum absolute atomic E-state index is 0.0662. The SMILES string of the molecule is O=c1s[nH]c2ccc(S(=O)(=O)NC3CC3)cc12. The van der Waals surface area contributed by atoms with Crippen molar-refractivity contribution in [3.8, 4) is 0 Å². The van der Waals surface area contributed by atoms with Crippen LogP contribution in [0.2, 0.25) is 0 Å². The Hall–Kier alpha value is -1.18. The highest BCUT2D eigenvalue weighted by Gasteiger charge is 2.28. The Morgan fingerprint density at radius 1 is 1.35 bits per heavy atom. The van der Waals surface area contributed by atoms with Crippen molar-refractivity contribution in [2.45, 2.75) is 23.8 Å². The van der Waals surface area contributed by atoms with Crippen molar-refractivity contribution in [3.63, 3.8) is 0 Å². The Morgan fingerprint density at radius 2 is 2.12 bits per heavy atom. The van der Waals surface area contributed by atoms with E-state index in [1.807, 2.05) is 0 Å². The lowest BCUT2D eigenvalue weighted by atomic mass is 10.3. The molecule has 0 unspecified atom stereocenters.